The molecule has 1 amide bonds. The lowest BCUT2D eigenvalue weighted by atomic mass is 9.78. The molecule has 0 aromatic heterocycles. The number of benzene rings is 2. The molecule has 1 heterocycles. The molecule has 0 bridgehead atoms. The predicted octanol–water partition coefficient (Wildman–Crippen LogP) is 4.54. The predicted molar refractivity (Wildman–Crippen MR) is 136 cm³/mol. The zero-order chi connectivity index (χ0) is 25.0. The van der Waals surface area contributed by atoms with Crippen molar-refractivity contribution in [2.24, 2.45) is 11.8 Å². The molecular formula is C26H27FINO5S. The maximum absolute atomic E-state index is 14.3. The molecule has 2 atom stereocenters. The van der Waals surface area contributed by atoms with E-state index in [0.717, 1.165) is 26.8 Å². The topological polar surface area (TPSA) is 91.8 Å². The fraction of sp³-hybridized carbons (Fsp3) is 0.462. The van der Waals surface area contributed by atoms with Gasteiger partial charge >= 0.3 is 5.97 Å². The van der Waals surface area contributed by atoms with Crippen LogP contribution in [-0.4, -0.2) is 42.9 Å². The van der Waals surface area contributed by atoms with E-state index in [9.17, 15) is 27.5 Å². The average Bonchev–Trinajstić information content (AvgIpc) is 3.25. The highest BCUT2D eigenvalue weighted by molar-refractivity contribution is 14.1. The van der Waals surface area contributed by atoms with Crippen LogP contribution in [0.5, 0.6) is 0 Å². The minimum absolute atomic E-state index is 0.0616. The summed E-state index contributed by atoms with van der Waals surface area (Å²) in [4.78, 5) is 26.8. The highest BCUT2D eigenvalue weighted by Gasteiger charge is 2.61. The van der Waals surface area contributed by atoms with E-state index in [0.29, 0.717) is 45.1 Å². The van der Waals surface area contributed by atoms with Crippen LogP contribution in [0, 0.1) is 21.2 Å². The smallest absolute Gasteiger partial charge is 0.306 e. The Morgan fingerprint density at radius 1 is 1.00 bits per heavy atom. The SMILES string of the molecule is O=C(O)[C@H]1CC[C@H](C(=O)N2CC[C@@]3(S(=O)(=O)c4ccc(F)cc4)c4ccc(I)cc4CC[C@@H]23)CC1. The fourth-order valence-electron chi connectivity index (χ4n) is 6.41. The molecule has 35 heavy (non-hydrogen) atoms. The molecular weight excluding hydrogens is 584 g/mol. The van der Waals surface area contributed by atoms with Crippen molar-refractivity contribution >= 4 is 44.3 Å². The summed E-state index contributed by atoms with van der Waals surface area (Å²) in [5.74, 6) is -2.09. The highest BCUT2D eigenvalue weighted by Crippen LogP contribution is 2.53. The molecule has 1 saturated carbocycles. The molecule has 9 heteroatoms. The van der Waals surface area contributed by atoms with Gasteiger partial charge in [-0.25, -0.2) is 12.8 Å². The molecule has 5 rings (SSSR count). The Hall–Kier alpha value is -2.01. The van der Waals surface area contributed by atoms with Crippen LogP contribution in [0.2, 0.25) is 0 Å². The van der Waals surface area contributed by atoms with E-state index in [2.05, 4.69) is 22.6 Å². The summed E-state index contributed by atoms with van der Waals surface area (Å²) in [6, 6.07) is 10.2. The molecule has 1 N–H and O–H groups in total. The fourth-order valence-corrected chi connectivity index (χ4v) is 9.33. The van der Waals surface area contributed by atoms with Gasteiger partial charge < -0.3 is 10.0 Å². The first-order chi connectivity index (χ1) is 16.6. The van der Waals surface area contributed by atoms with Gasteiger partial charge in [-0.1, -0.05) is 6.07 Å². The molecule has 6 nitrogen and oxygen atoms in total. The second-order valence-electron chi connectivity index (χ2n) is 9.87. The number of fused-ring (bicyclic) bond motifs is 3. The standard InChI is InChI=1S/C26H27FINO5S/c27-19-6-9-21(10-7-19)35(33,34)26-13-14-29(24(30)16-1-3-17(4-2-16)25(31)32)23(26)12-5-18-15-20(28)8-11-22(18)26/h6-11,15-17,23H,1-5,12-14H2,(H,31,32)/t16-,17-,23-,26-/m1/s1. The molecule has 1 aliphatic heterocycles. The third-order valence-electron chi connectivity index (χ3n) is 8.16. The molecule has 2 aliphatic carbocycles. The van der Waals surface area contributed by atoms with Gasteiger partial charge in [0, 0.05) is 16.0 Å². The normalized spacial score (nSPS) is 28.3. The van der Waals surface area contributed by atoms with Crippen molar-refractivity contribution in [1.29, 1.82) is 0 Å². The number of halogens is 2. The van der Waals surface area contributed by atoms with Gasteiger partial charge in [0.2, 0.25) is 5.91 Å². The number of aliphatic carboxylic acids is 1. The Kier molecular flexibility index (Phi) is 6.44. The van der Waals surface area contributed by atoms with Crippen LogP contribution < -0.4 is 0 Å². The van der Waals surface area contributed by atoms with Crippen molar-refractivity contribution < 1.29 is 27.5 Å². The summed E-state index contributed by atoms with van der Waals surface area (Å²) >= 11 is 2.22. The molecule has 0 spiro atoms. The molecule has 2 aromatic carbocycles. The van der Waals surface area contributed by atoms with Crippen LogP contribution in [-0.2, 0) is 30.6 Å². The van der Waals surface area contributed by atoms with Gasteiger partial charge in [0.1, 0.15) is 10.6 Å². The lowest BCUT2D eigenvalue weighted by Crippen LogP contribution is -2.53. The van der Waals surface area contributed by atoms with Gasteiger partial charge in [0.25, 0.3) is 0 Å². The average molecular weight is 611 g/mol. The summed E-state index contributed by atoms with van der Waals surface area (Å²) in [6.45, 7) is 0.328. The minimum Gasteiger partial charge on any atom is -0.481 e. The molecule has 2 aromatic rings. The highest BCUT2D eigenvalue weighted by atomic mass is 127. The molecule has 2 fully saturated rings. The summed E-state index contributed by atoms with van der Waals surface area (Å²) in [5, 5.41) is 9.30. The lowest BCUT2D eigenvalue weighted by Gasteiger charge is -2.43. The van der Waals surface area contributed by atoms with Crippen molar-refractivity contribution in [2.45, 2.75) is 60.6 Å². The first-order valence-electron chi connectivity index (χ1n) is 12.0. The van der Waals surface area contributed by atoms with Crippen LogP contribution in [0.4, 0.5) is 4.39 Å². The quantitative estimate of drug-likeness (QED) is 0.405. The van der Waals surface area contributed by atoms with E-state index in [-0.39, 0.29) is 23.1 Å². The number of rotatable bonds is 4. The van der Waals surface area contributed by atoms with Crippen LogP contribution in [0.15, 0.2) is 47.4 Å². The van der Waals surface area contributed by atoms with E-state index in [1.54, 1.807) is 4.90 Å². The van der Waals surface area contributed by atoms with Crippen LogP contribution in [0.1, 0.15) is 49.7 Å². The van der Waals surface area contributed by atoms with Crippen LogP contribution in [0.25, 0.3) is 0 Å². The number of nitrogens with zero attached hydrogens (tertiary/aromatic N) is 1. The van der Waals surface area contributed by atoms with Crippen molar-refractivity contribution in [3.63, 3.8) is 0 Å². The van der Waals surface area contributed by atoms with Gasteiger partial charge in [0.05, 0.1) is 16.9 Å². The van der Waals surface area contributed by atoms with Gasteiger partial charge in [-0.15, -0.1) is 0 Å². The molecule has 0 unspecified atom stereocenters. The number of carboxylic acids is 1. The van der Waals surface area contributed by atoms with Crippen LogP contribution in [0.3, 0.4) is 0 Å². The van der Waals surface area contributed by atoms with E-state index >= 15 is 0 Å². The van der Waals surface area contributed by atoms with Crippen molar-refractivity contribution in [3.05, 3.63) is 63.0 Å². The van der Waals surface area contributed by atoms with E-state index in [1.807, 2.05) is 18.2 Å². The van der Waals surface area contributed by atoms with Crippen molar-refractivity contribution in [3.8, 4) is 0 Å². The zero-order valence-electron chi connectivity index (χ0n) is 19.1. The number of aryl methyl sites for hydroxylation is 1. The summed E-state index contributed by atoms with van der Waals surface area (Å²) in [6.07, 6.45) is 3.42. The molecule has 3 aliphatic rings. The number of likely N-dealkylation sites (tertiary alicyclic amines) is 1. The van der Waals surface area contributed by atoms with Crippen LogP contribution >= 0.6 is 22.6 Å². The van der Waals surface area contributed by atoms with Gasteiger partial charge in [-0.2, -0.15) is 0 Å². The number of carbonyl (C=O) groups excluding carboxylic acids is 1. The van der Waals surface area contributed by atoms with Gasteiger partial charge in [-0.05, 0) is 115 Å². The summed E-state index contributed by atoms with van der Waals surface area (Å²) < 4.78 is 41.9. The van der Waals surface area contributed by atoms with E-state index in [1.165, 1.54) is 12.1 Å². The molecule has 0 radical (unpaired) electrons. The number of carboxylic acid groups (broad SMARTS) is 1. The molecule has 186 valence electrons. The maximum Gasteiger partial charge on any atom is 0.306 e. The second-order valence-corrected chi connectivity index (χ2v) is 13.3. The number of carbonyl (C=O) groups is 2. The summed E-state index contributed by atoms with van der Waals surface area (Å²) in [5.41, 5.74) is 1.72. The van der Waals surface area contributed by atoms with E-state index < -0.39 is 38.3 Å². The molecule has 1 saturated heterocycles. The summed E-state index contributed by atoms with van der Waals surface area (Å²) in [7, 11) is -3.96. The maximum atomic E-state index is 14.3. The number of sulfone groups is 1. The van der Waals surface area contributed by atoms with Gasteiger partial charge in [-0.3, -0.25) is 9.59 Å². The Labute approximate surface area is 218 Å². The Balaban J connectivity index is 1.55. The third-order valence-corrected chi connectivity index (χ3v) is 11.4. The van der Waals surface area contributed by atoms with Gasteiger partial charge in [0.15, 0.2) is 9.84 Å². The first kappa shape index (κ1) is 24.7. The van der Waals surface area contributed by atoms with Crippen molar-refractivity contribution in [2.75, 3.05) is 6.54 Å². The first-order valence-corrected chi connectivity index (χ1v) is 14.5. The number of amides is 1. The third kappa shape index (κ3) is 3.98. The Morgan fingerprint density at radius 2 is 1.66 bits per heavy atom. The van der Waals surface area contributed by atoms with Crippen molar-refractivity contribution in [1.82, 2.24) is 4.90 Å². The largest absolute Gasteiger partial charge is 0.481 e. The zero-order valence-corrected chi connectivity index (χ0v) is 22.1. The number of hydrogen-bond donors (Lipinski definition) is 1. The number of hydrogen-bond acceptors (Lipinski definition) is 4. The minimum atomic E-state index is -3.96. The Bertz CT molecular complexity index is 1270. The lowest BCUT2D eigenvalue weighted by molar-refractivity contribution is -0.146. The Morgan fingerprint density at radius 3 is 2.31 bits per heavy atom. The van der Waals surface area contributed by atoms with E-state index in [4.69, 9.17) is 0 Å². The monoisotopic (exact) mass is 611 g/mol. The second kappa shape index (κ2) is 9.14.